The lowest BCUT2D eigenvalue weighted by Crippen LogP contribution is -2.32. The van der Waals surface area contributed by atoms with Crippen LogP contribution in [0.1, 0.15) is 47.9 Å². The third-order valence-corrected chi connectivity index (χ3v) is 12.5. The van der Waals surface area contributed by atoms with E-state index in [1.807, 2.05) is 24.3 Å². The van der Waals surface area contributed by atoms with Gasteiger partial charge in [0.2, 0.25) is 0 Å². The third kappa shape index (κ3) is 5.22. The molecular formula is C55H39N3O2. The van der Waals surface area contributed by atoms with Gasteiger partial charge in [-0.1, -0.05) is 141 Å². The monoisotopic (exact) mass is 773 g/mol. The van der Waals surface area contributed by atoms with Crippen molar-refractivity contribution in [2.24, 2.45) is 4.99 Å². The van der Waals surface area contributed by atoms with E-state index in [0.717, 1.165) is 83.9 Å². The Balaban J connectivity index is 1.05. The lowest BCUT2D eigenvalue weighted by atomic mass is 9.82. The summed E-state index contributed by atoms with van der Waals surface area (Å²) in [6.07, 6.45) is 0. The number of anilines is 3. The average molecular weight is 774 g/mol. The minimum atomic E-state index is -0.255. The Bertz CT molecular complexity index is 3340. The maximum absolute atomic E-state index is 6.63. The van der Waals surface area contributed by atoms with Crippen molar-refractivity contribution in [1.82, 2.24) is 5.32 Å². The van der Waals surface area contributed by atoms with Gasteiger partial charge in [-0.25, -0.2) is 4.99 Å². The number of aliphatic imine (C=N–C) groups is 1. The van der Waals surface area contributed by atoms with Crippen molar-refractivity contribution in [2.45, 2.75) is 25.3 Å². The number of nitrogens with one attached hydrogen (secondary N) is 1. The van der Waals surface area contributed by atoms with E-state index in [1.54, 1.807) is 0 Å². The largest absolute Gasteiger partial charge is 0.456 e. The fourth-order valence-corrected chi connectivity index (χ4v) is 9.67. The number of furan rings is 2. The molecule has 0 fully saturated rings. The summed E-state index contributed by atoms with van der Waals surface area (Å²) in [5.41, 5.74) is 15.9. The predicted octanol–water partition coefficient (Wildman–Crippen LogP) is 14.5. The highest BCUT2D eigenvalue weighted by Crippen LogP contribution is 2.55. The Labute approximate surface area is 347 Å². The molecule has 0 radical (unpaired) electrons. The zero-order valence-electron chi connectivity index (χ0n) is 33.2. The Morgan fingerprint density at radius 3 is 2.03 bits per heavy atom. The molecule has 0 bridgehead atoms. The lowest BCUT2D eigenvalue weighted by Gasteiger charge is -2.29. The van der Waals surface area contributed by atoms with Gasteiger partial charge in [0, 0.05) is 33.0 Å². The fraction of sp³-hybridized carbons (Fsp3) is 0.0727. The van der Waals surface area contributed by atoms with E-state index in [9.17, 15) is 0 Å². The first-order chi connectivity index (χ1) is 29.5. The Hall–Kier alpha value is -7.63. The number of hydrogen-bond donors (Lipinski definition) is 1. The SMILES string of the molecule is CC1(C)c2ccc(C3=Nc4c(oc5ccccc45)C(c4cccc(-c5ccccc5)c4)N3)cc2-c2c(N(c3ccccc3)c3cccc4oc5ccccc5c34)cccc21. The zero-order valence-corrected chi connectivity index (χ0v) is 33.2. The van der Waals surface area contributed by atoms with Gasteiger partial charge in [0.05, 0.1) is 16.8 Å². The highest BCUT2D eigenvalue weighted by atomic mass is 16.3. The predicted molar refractivity (Wildman–Crippen MR) is 245 cm³/mol. The maximum Gasteiger partial charge on any atom is 0.157 e. The molecule has 12 rings (SSSR count). The van der Waals surface area contributed by atoms with Gasteiger partial charge < -0.3 is 19.1 Å². The molecule has 1 N–H and O–H groups in total. The second-order valence-electron chi connectivity index (χ2n) is 16.3. The summed E-state index contributed by atoms with van der Waals surface area (Å²) in [5.74, 6) is 1.63. The first-order valence-electron chi connectivity index (χ1n) is 20.6. The van der Waals surface area contributed by atoms with Crippen LogP contribution in [0.4, 0.5) is 22.7 Å². The van der Waals surface area contributed by atoms with Crippen LogP contribution >= 0.6 is 0 Å². The minimum absolute atomic E-state index is 0.244. The van der Waals surface area contributed by atoms with Crippen molar-refractivity contribution in [3.8, 4) is 22.3 Å². The van der Waals surface area contributed by atoms with Crippen LogP contribution in [0.25, 0.3) is 55.2 Å². The first kappa shape index (κ1) is 34.4. The normalized spacial score (nSPS) is 15.0. The molecule has 286 valence electrons. The molecule has 10 aromatic rings. The Morgan fingerprint density at radius 2 is 1.20 bits per heavy atom. The van der Waals surface area contributed by atoms with Crippen LogP contribution < -0.4 is 10.2 Å². The molecular weight excluding hydrogens is 735 g/mol. The van der Waals surface area contributed by atoms with Crippen LogP contribution in [0.2, 0.25) is 0 Å². The van der Waals surface area contributed by atoms with E-state index in [1.165, 1.54) is 27.8 Å². The van der Waals surface area contributed by atoms with Crippen LogP contribution in [-0.4, -0.2) is 5.84 Å². The number of amidine groups is 1. The van der Waals surface area contributed by atoms with Gasteiger partial charge in [0.25, 0.3) is 0 Å². The maximum atomic E-state index is 6.63. The molecule has 2 aliphatic rings. The van der Waals surface area contributed by atoms with Crippen LogP contribution in [0, 0.1) is 0 Å². The van der Waals surface area contributed by atoms with Crippen LogP contribution in [0.5, 0.6) is 0 Å². The average Bonchev–Trinajstić information content (AvgIpc) is 3.95. The summed E-state index contributed by atoms with van der Waals surface area (Å²) < 4.78 is 13.1. The second kappa shape index (κ2) is 13.2. The number of rotatable bonds is 6. The van der Waals surface area contributed by atoms with Gasteiger partial charge in [0.15, 0.2) is 5.76 Å². The standard InChI is InChI=1S/C55H39N3O2/c1-55(2)42-31-30-37(54-56-51(53-52(57-54)40-23-10-12-28-47(40)60-53)36-19-13-18-35(32-36)34-16-5-3-6-17-34)33-41(42)49-43(55)24-14-25-44(49)58(38-20-7-4-8-21-38)45-26-15-29-48-50(45)39-22-9-11-27-46(39)59-48/h3-33,51H,1-2H3,(H,56,57). The molecule has 2 aromatic heterocycles. The third-order valence-electron chi connectivity index (χ3n) is 12.5. The van der Waals surface area contributed by atoms with Gasteiger partial charge in [-0.15, -0.1) is 0 Å². The summed E-state index contributed by atoms with van der Waals surface area (Å²) in [6.45, 7) is 4.68. The number of hydrogen-bond acceptors (Lipinski definition) is 5. The van der Waals surface area contributed by atoms with Gasteiger partial charge >= 0.3 is 0 Å². The topological polar surface area (TPSA) is 53.9 Å². The van der Waals surface area contributed by atoms with E-state index in [4.69, 9.17) is 13.8 Å². The fourth-order valence-electron chi connectivity index (χ4n) is 9.67. The van der Waals surface area contributed by atoms with Crippen molar-refractivity contribution >= 4 is 61.5 Å². The number of nitrogens with zero attached hydrogens (tertiary/aromatic N) is 2. The first-order valence-corrected chi connectivity index (χ1v) is 20.6. The molecule has 60 heavy (non-hydrogen) atoms. The number of fused-ring (bicyclic) bond motifs is 9. The number of benzene rings is 8. The summed E-state index contributed by atoms with van der Waals surface area (Å²) in [4.78, 5) is 7.79. The van der Waals surface area contributed by atoms with E-state index in [2.05, 4.69) is 188 Å². The molecule has 0 saturated carbocycles. The highest BCUT2D eigenvalue weighted by molar-refractivity contribution is 6.14. The quantitative estimate of drug-likeness (QED) is 0.183. The van der Waals surface area contributed by atoms with Crippen molar-refractivity contribution in [3.05, 3.63) is 216 Å². The van der Waals surface area contributed by atoms with Crippen LogP contribution in [0.3, 0.4) is 0 Å². The van der Waals surface area contributed by atoms with E-state index < -0.39 is 0 Å². The van der Waals surface area contributed by atoms with E-state index >= 15 is 0 Å². The molecule has 0 saturated heterocycles. The molecule has 0 amide bonds. The van der Waals surface area contributed by atoms with Gasteiger partial charge in [-0.05, 0) is 94.0 Å². The Morgan fingerprint density at radius 1 is 0.533 bits per heavy atom. The lowest BCUT2D eigenvalue weighted by molar-refractivity contribution is 0.504. The molecule has 5 nitrogen and oxygen atoms in total. The second-order valence-corrected chi connectivity index (χ2v) is 16.3. The van der Waals surface area contributed by atoms with Crippen molar-refractivity contribution in [1.29, 1.82) is 0 Å². The van der Waals surface area contributed by atoms with E-state index in [0.29, 0.717) is 0 Å². The summed E-state index contributed by atoms with van der Waals surface area (Å²) in [7, 11) is 0. The van der Waals surface area contributed by atoms with Crippen molar-refractivity contribution < 1.29 is 8.83 Å². The summed E-state index contributed by atoms with van der Waals surface area (Å²) in [5, 5.41) is 7.06. The zero-order chi connectivity index (χ0) is 40.0. The highest BCUT2D eigenvalue weighted by Gasteiger charge is 2.39. The Kier molecular flexibility index (Phi) is 7.57. The molecule has 5 heteroatoms. The molecule has 1 aliphatic heterocycles. The van der Waals surface area contributed by atoms with Crippen molar-refractivity contribution in [3.63, 3.8) is 0 Å². The van der Waals surface area contributed by atoms with Crippen molar-refractivity contribution in [2.75, 3.05) is 4.90 Å². The van der Waals surface area contributed by atoms with Crippen LogP contribution in [0.15, 0.2) is 202 Å². The van der Waals surface area contributed by atoms with Gasteiger partial charge in [-0.3, -0.25) is 0 Å². The minimum Gasteiger partial charge on any atom is -0.456 e. The molecule has 0 spiro atoms. The summed E-state index contributed by atoms with van der Waals surface area (Å²) >= 11 is 0. The molecule has 1 aliphatic carbocycles. The summed E-state index contributed by atoms with van der Waals surface area (Å²) in [6, 6.07) is 66.3. The van der Waals surface area contributed by atoms with Crippen LogP contribution in [-0.2, 0) is 5.41 Å². The smallest absolute Gasteiger partial charge is 0.157 e. The molecule has 1 atom stereocenters. The molecule has 1 unspecified atom stereocenters. The molecule has 8 aromatic carbocycles. The van der Waals surface area contributed by atoms with E-state index in [-0.39, 0.29) is 11.5 Å². The van der Waals surface area contributed by atoms with Gasteiger partial charge in [0.1, 0.15) is 34.3 Å². The molecule has 3 heterocycles. The number of para-hydroxylation sites is 3. The van der Waals surface area contributed by atoms with Gasteiger partial charge in [-0.2, -0.15) is 0 Å².